The van der Waals surface area contributed by atoms with Crippen molar-refractivity contribution < 1.29 is 27.6 Å². The third kappa shape index (κ3) is 1.46. The molecule has 21 heavy (non-hydrogen) atoms. The predicted molar refractivity (Wildman–Crippen MR) is 61.5 cm³/mol. The van der Waals surface area contributed by atoms with Gasteiger partial charge < -0.3 is 10.6 Å². The molecule has 3 N–H and O–H groups in total. The standard InChI is InChI=1S/C11H7F3N4O3/c1-18-10(21)15-7-3(2-4(12)5(13)6(7)14)11(18)8(19)16-9(20)17-11/h2H,1H3,(H,15,21)(H2,16,17,19,20). The SMILES string of the molecule is CN1C(=O)Nc2c(cc(F)c(F)c2F)C12NC(=O)NC2=O. The van der Waals surface area contributed by atoms with Crippen molar-refractivity contribution in [3.05, 3.63) is 29.1 Å². The minimum atomic E-state index is -2.13. The van der Waals surface area contributed by atoms with Crippen LogP contribution < -0.4 is 16.0 Å². The van der Waals surface area contributed by atoms with Crippen LogP contribution in [0.2, 0.25) is 0 Å². The second-order valence-corrected chi connectivity index (χ2v) is 4.52. The first-order valence-corrected chi connectivity index (χ1v) is 5.65. The van der Waals surface area contributed by atoms with Crippen molar-refractivity contribution in [1.29, 1.82) is 0 Å². The number of hydrogen-bond donors (Lipinski definition) is 3. The van der Waals surface area contributed by atoms with Gasteiger partial charge in [-0.15, -0.1) is 0 Å². The molecule has 1 aromatic carbocycles. The number of amides is 5. The molecule has 7 nitrogen and oxygen atoms in total. The van der Waals surface area contributed by atoms with Crippen LogP contribution in [-0.2, 0) is 10.5 Å². The van der Waals surface area contributed by atoms with Gasteiger partial charge in [0.2, 0.25) is 5.66 Å². The van der Waals surface area contributed by atoms with Gasteiger partial charge in [-0.2, -0.15) is 0 Å². The van der Waals surface area contributed by atoms with E-state index < -0.39 is 52.3 Å². The number of nitrogens with one attached hydrogen (secondary N) is 3. The Bertz CT molecular complexity index is 723. The van der Waals surface area contributed by atoms with Gasteiger partial charge >= 0.3 is 12.1 Å². The van der Waals surface area contributed by atoms with Gasteiger partial charge in [-0.05, 0) is 6.07 Å². The fourth-order valence-corrected chi connectivity index (χ4v) is 2.40. The van der Waals surface area contributed by atoms with E-state index in [1.807, 2.05) is 10.6 Å². The van der Waals surface area contributed by atoms with Gasteiger partial charge in [0.25, 0.3) is 5.91 Å². The average Bonchev–Trinajstić information content (AvgIpc) is 2.72. The van der Waals surface area contributed by atoms with Gasteiger partial charge in [0, 0.05) is 12.6 Å². The molecule has 0 aromatic heterocycles. The summed E-state index contributed by atoms with van der Waals surface area (Å²) in [5.41, 5.74) is -3.25. The molecule has 1 saturated heterocycles. The van der Waals surface area contributed by atoms with E-state index in [4.69, 9.17) is 0 Å². The Balaban J connectivity index is 2.36. The number of benzene rings is 1. The third-order valence-electron chi connectivity index (χ3n) is 3.44. The molecular weight excluding hydrogens is 293 g/mol. The van der Waals surface area contributed by atoms with Crippen LogP contribution in [0.15, 0.2) is 6.07 Å². The highest BCUT2D eigenvalue weighted by Crippen LogP contribution is 2.40. The van der Waals surface area contributed by atoms with Gasteiger partial charge in [0.15, 0.2) is 17.5 Å². The Morgan fingerprint density at radius 2 is 1.76 bits per heavy atom. The predicted octanol–water partition coefficient (Wildman–Crippen LogP) is 0.573. The lowest BCUT2D eigenvalue weighted by atomic mass is 9.93. The summed E-state index contributed by atoms with van der Waals surface area (Å²) in [5.74, 6) is -6.00. The van der Waals surface area contributed by atoms with E-state index in [1.54, 1.807) is 0 Å². The highest BCUT2D eigenvalue weighted by molar-refractivity contribution is 6.11. The Morgan fingerprint density at radius 3 is 2.33 bits per heavy atom. The van der Waals surface area contributed by atoms with Crippen LogP contribution in [0.3, 0.4) is 0 Å². The minimum absolute atomic E-state index is 0.413. The van der Waals surface area contributed by atoms with Crippen molar-refractivity contribution >= 4 is 23.7 Å². The summed E-state index contributed by atoms with van der Waals surface area (Å²) >= 11 is 0. The van der Waals surface area contributed by atoms with Gasteiger partial charge in [-0.1, -0.05) is 0 Å². The maximum absolute atomic E-state index is 13.8. The van der Waals surface area contributed by atoms with E-state index in [1.165, 1.54) is 0 Å². The van der Waals surface area contributed by atoms with Crippen molar-refractivity contribution in [1.82, 2.24) is 15.5 Å². The van der Waals surface area contributed by atoms with Crippen LogP contribution in [0.25, 0.3) is 0 Å². The zero-order valence-corrected chi connectivity index (χ0v) is 10.4. The minimum Gasteiger partial charge on any atom is -0.305 e. The van der Waals surface area contributed by atoms with Gasteiger partial charge in [0.1, 0.15) is 0 Å². The second-order valence-electron chi connectivity index (χ2n) is 4.52. The lowest BCUT2D eigenvalue weighted by Crippen LogP contribution is -2.62. The molecule has 1 unspecified atom stereocenters. The number of rotatable bonds is 0. The van der Waals surface area contributed by atoms with E-state index in [0.29, 0.717) is 6.07 Å². The first-order valence-electron chi connectivity index (χ1n) is 5.65. The molecule has 2 aliphatic heterocycles. The van der Waals surface area contributed by atoms with Crippen molar-refractivity contribution in [2.45, 2.75) is 5.66 Å². The molecule has 0 saturated carbocycles. The maximum Gasteiger partial charge on any atom is 0.324 e. The van der Waals surface area contributed by atoms with Crippen molar-refractivity contribution in [3.63, 3.8) is 0 Å². The number of nitrogens with zero attached hydrogens (tertiary/aromatic N) is 1. The monoisotopic (exact) mass is 300 g/mol. The van der Waals surface area contributed by atoms with Crippen molar-refractivity contribution in [2.75, 3.05) is 12.4 Å². The summed E-state index contributed by atoms with van der Waals surface area (Å²) in [5, 5.41) is 6.02. The van der Waals surface area contributed by atoms with E-state index >= 15 is 0 Å². The zero-order valence-electron chi connectivity index (χ0n) is 10.4. The van der Waals surface area contributed by atoms with Gasteiger partial charge in [-0.3, -0.25) is 15.0 Å². The van der Waals surface area contributed by atoms with Crippen molar-refractivity contribution in [3.8, 4) is 0 Å². The van der Waals surface area contributed by atoms with E-state index in [-0.39, 0.29) is 0 Å². The Hall–Kier alpha value is -2.78. The molecule has 1 fully saturated rings. The largest absolute Gasteiger partial charge is 0.324 e. The number of likely N-dealkylation sites (N-methyl/N-ethyl adjacent to an activating group) is 1. The highest BCUT2D eigenvalue weighted by atomic mass is 19.2. The molecule has 1 aromatic rings. The van der Waals surface area contributed by atoms with Crippen LogP contribution in [0.4, 0.5) is 28.4 Å². The smallest absolute Gasteiger partial charge is 0.305 e. The summed E-state index contributed by atoms with van der Waals surface area (Å²) in [6.07, 6.45) is 0. The number of anilines is 1. The van der Waals surface area contributed by atoms with Crippen molar-refractivity contribution in [2.24, 2.45) is 0 Å². The summed E-state index contributed by atoms with van der Waals surface area (Å²) in [6, 6.07) is -1.36. The Labute approximate surface area is 115 Å². The van der Waals surface area contributed by atoms with E-state index in [0.717, 1.165) is 11.9 Å². The summed E-state index contributed by atoms with van der Waals surface area (Å²) in [7, 11) is 1.14. The molecular formula is C11H7F3N4O3. The number of hydrogen-bond acceptors (Lipinski definition) is 3. The molecule has 2 aliphatic rings. The van der Waals surface area contributed by atoms with Gasteiger partial charge in [0.05, 0.1) is 5.69 Å². The average molecular weight is 300 g/mol. The molecule has 2 heterocycles. The summed E-state index contributed by atoms with van der Waals surface area (Å²) < 4.78 is 40.6. The number of carbonyl (C=O) groups excluding carboxylic acids is 3. The van der Waals surface area contributed by atoms with Crippen LogP contribution in [0.5, 0.6) is 0 Å². The lowest BCUT2D eigenvalue weighted by molar-refractivity contribution is -0.129. The Morgan fingerprint density at radius 1 is 1.10 bits per heavy atom. The third-order valence-corrected chi connectivity index (χ3v) is 3.44. The molecule has 5 amide bonds. The lowest BCUT2D eigenvalue weighted by Gasteiger charge is -2.40. The number of urea groups is 2. The Kier molecular flexibility index (Phi) is 2.43. The molecule has 3 rings (SSSR count). The first kappa shape index (κ1) is 13.2. The first-order chi connectivity index (χ1) is 9.79. The quantitative estimate of drug-likeness (QED) is 0.483. The van der Waals surface area contributed by atoms with Crippen LogP contribution in [0.1, 0.15) is 5.56 Å². The van der Waals surface area contributed by atoms with E-state index in [9.17, 15) is 27.6 Å². The molecule has 1 spiro atoms. The number of carbonyl (C=O) groups is 3. The summed E-state index contributed by atoms with van der Waals surface area (Å²) in [4.78, 5) is 36.0. The fraction of sp³-hybridized carbons (Fsp3) is 0.182. The molecule has 110 valence electrons. The molecule has 10 heteroatoms. The second kappa shape index (κ2) is 3.87. The maximum atomic E-state index is 13.8. The number of fused-ring (bicyclic) bond motifs is 2. The van der Waals surface area contributed by atoms with Crippen LogP contribution >= 0.6 is 0 Å². The van der Waals surface area contributed by atoms with Crippen LogP contribution in [0, 0.1) is 17.5 Å². The van der Waals surface area contributed by atoms with E-state index in [2.05, 4.69) is 5.32 Å². The normalized spacial score (nSPS) is 23.8. The number of imide groups is 1. The van der Waals surface area contributed by atoms with Crippen LogP contribution in [-0.4, -0.2) is 29.9 Å². The topological polar surface area (TPSA) is 90.5 Å². The zero-order chi connectivity index (χ0) is 15.5. The highest BCUT2D eigenvalue weighted by Gasteiger charge is 2.57. The number of halogens is 3. The van der Waals surface area contributed by atoms with Gasteiger partial charge in [-0.25, -0.2) is 22.8 Å². The molecule has 1 atom stereocenters. The fourth-order valence-electron chi connectivity index (χ4n) is 2.40. The molecule has 0 bridgehead atoms. The molecule has 0 aliphatic carbocycles. The molecule has 0 radical (unpaired) electrons. The summed E-state index contributed by atoms with van der Waals surface area (Å²) in [6.45, 7) is 0.